The summed E-state index contributed by atoms with van der Waals surface area (Å²) in [5.74, 6) is 0.658. The van der Waals surface area contributed by atoms with E-state index in [2.05, 4.69) is 57.9 Å². The van der Waals surface area contributed by atoms with Crippen LogP contribution in [0.5, 0.6) is 11.6 Å². The van der Waals surface area contributed by atoms with Crippen molar-refractivity contribution in [1.82, 2.24) is 15.2 Å². The third-order valence-corrected chi connectivity index (χ3v) is 6.06. The monoisotopic (exact) mass is 476 g/mol. The Hall–Kier alpha value is -3.26. The van der Waals surface area contributed by atoms with Gasteiger partial charge in [-0.25, -0.2) is 9.37 Å². The van der Waals surface area contributed by atoms with Crippen LogP contribution in [0.15, 0.2) is 73.4 Å². The van der Waals surface area contributed by atoms with Gasteiger partial charge in [0, 0.05) is 75.1 Å². The lowest BCUT2D eigenvalue weighted by Gasteiger charge is -2.32. The second kappa shape index (κ2) is 11.9. The molecule has 0 bridgehead atoms. The van der Waals surface area contributed by atoms with E-state index in [0.717, 1.165) is 43.1 Å². The number of anilines is 1. The van der Waals surface area contributed by atoms with Gasteiger partial charge in [0.15, 0.2) is 0 Å². The summed E-state index contributed by atoms with van der Waals surface area (Å²) in [6, 6.07) is 18.7. The average Bonchev–Trinajstić information content (AvgIpc) is 2.87. The van der Waals surface area contributed by atoms with E-state index in [1.54, 1.807) is 31.5 Å². The number of benzene rings is 2. The van der Waals surface area contributed by atoms with Gasteiger partial charge in [0.1, 0.15) is 11.6 Å². The highest BCUT2D eigenvalue weighted by Gasteiger charge is 2.17. The first kappa shape index (κ1) is 24.9. The lowest BCUT2D eigenvalue weighted by atomic mass is 10.1. The van der Waals surface area contributed by atoms with E-state index in [1.807, 2.05) is 6.07 Å². The number of hydrogen-bond acceptors (Lipinski definition) is 6. The first-order valence-corrected chi connectivity index (χ1v) is 11.9. The second-order valence-electron chi connectivity index (χ2n) is 8.79. The van der Waals surface area contributed by atoms with Crippen molar-refractivity contribution in [1.29, 1.82) is 0 Å². The summed E-state index contributed by atoms with van der Waals surface area (Å²) in [5, 5.41) is 3.49. The summed E-state index contributed by atoms with van der Waals surface area (Å²) in [5.41, 5.74) is 4.05. The van der Waals surface area contributed by atoms with Crippen LogP contribution in [0.3, 0.4) is 0 Å². The van der Waals surface area contributed by atoms with Gasteiger partial charge in [-0.1, -0.05) is 18.7 Å². The molecule has 6 nitrogen and oxygen atoms in total. The third kappa shape index (κ3) is 6.88. The van der Waals surface area contributed by atoms with Gasteiger partial charge in [-0.2, -0.15) is 0 Å². The van der Waals surface area contributed by atoms with E-state index in [0.29, 0.717) is 30.8 Å². The predicted molar refractivity (Wildman–Crippen MR) is 138 cm³/mol. The molecular weight excluding hydrogens is 443 g/mol. The van der Waals surface area contributed by atoms with Gasteiger partial charge in [-0.05, 0) is 55.0 Å². The molecule has 1 fully saturated rings. The van der Waals surface area contributed by atoms with Crippen molar-refractivity contribution in [2.24, 2.45) is 0 Å². The molecule has 3 aromatic rings. The van der Waals surface area contributed by atoms with Gasteiger partial charge in [0.25, 0.3) is 0 Å². The molecule has 1 aliphatic rings. The predicted octanol–water partition coefficient (Wildman–Crippen LogP) is 4.93. The summed E-state index contributed by atoms with van der Waals surface area (Å²) in [6.45, 7) is 11.9. The molecule has 2 aromatic carbocycles. The fourth-order valence-corrected chi connectivity index (χ4v) is 4.19. The Labute approximate surface area is 207 Å². The van der Waals surface area contributed by atoms with Crippen molar-refractivity contribution in [3.8, 4) is 11.6 Å². The molecule has 0 aliphatic carbocycles. The zero-order valence-corrected chi connectivity index (χ0v) is 20.4. The van der Waals surface area contributed by atoms with Crippen LogP contribution in [-0.4, -0.2) is 55.8 Å². The maximum absolute atomic E-state index is 13.1. The fourth-order valence-electron chi connectivity index (χ4n) is 4.19. The SMILES string of the molecule is C=C(c1ccc(Oc2ccc(F)cc2)nc1)N(CCOC)c1ccc(CN2CCN[C@@H](C)C2)cc1. The van der Waals surface area contributed by atoms with Gasteiger partial charge in [0.2, 0.25) is 5.88 Å². The van der Waals surface area contributed by atoms with Crippen molar-refractivity contribution in [3.63, 3.8) is 0 Å². The Bertz CT molecular complexity index is 1090. The Morgan fingerprint density at radius 2 is 1.91 bits per heavy atom. The smallest absolute Gasteiger partial charge is 0.219 e. The summed E-state index contributed by atoms with van der Waals surface area (Å²) < 4.78 is 24.2. The molecule has 0 saturated carbocycles. The fraction of sp³-hybridized carbons (Fsp3) is 0.321. The molecule has 184 valence electrons. The molecule has 1 N–H and O–H groups in total. The van der Waals surface area contributed by atoms with Crippen LogP contribution in [0.25, 0.3) is 5.70 Å². The quantitative estimate of drug-likeness (QED) is 0.448. The Kier molecular flexibility index (Phi) is 8.47. The molecule has 0 radical (unpaired) electrons. The van der Waals surface area contributed by atoms with Crippen molar-refractivity contribution < 1.29 is 13.9 Å². The zero-order chi connectivity index (χ0) is 24.6. The van der Waals surface area contributed by atoms with Crippen LogP contribution in [0.1, 0.15) is 18.1 Å². The van der Waals surface area contributed by atoms with Gasteiger partial charge in [-0.15, -0.1) is 0 Å². The Morgan fingerprint density at radius 1 is 1.14 bits per heavy atom. The maximum atomic E-state index is 13.1. The molecule has 4 rings (SSSR count). The molecule has 1 saturated heterocycles. The number of aromatic nitrogens is 1. The van der Waals surface area contributed by atoms with Crippen molar-refractivity contribution in [2.75, 3.05) is 44.8 Å². The summed E-state index contributed by atoms with van der Waals surface area (Å²) in [4.78, 5) is 9.04. The lowest BCUT2D eigenvalue weighted by Crippen LogP contribution is -2.48. The highest BCUT2D eigenvalue weighted by atomic mass is 19.1. The number of methoxy groups -OCH3 is 1. The molecule has 0 spiro atoms. The van der Waals surface area contributed by atoms with Crippen LogP contribution < -0.4 is 15.0 Å². The standard InChI is InChI=1S/C28H33FN4O2/c1-21-19-32(15-14-30-21)20-23-4-9-26(10-5-23)33(16-17-34-3)22(2)24-6-13-28(31-18-24)35-27-11-7-25(29)8-12-27/h4-13,18,21,30H,2,14-17,19-20H2,1,3H3/t21-/m0/s1. The number of piperazine rings is 1. The molecule has 2 heterocycles. The Morgan fingerprint density at radius 3 is 2.57 bits per heavy atom. The number of hydrogen-bond donors (Lipinski definition) is 1. The molecule has 1 aromatic heterocycles. The van der Waals surface area contributed by atoms with Crippen molar-refractivity contribution in [2.45, 2.75) is 19.5 Å². The van der Waals surface area contributed by atoms with E-state index in [1.165, 1.54) is 17.7 Å². The number of rotatable bonds is 10. The van der Waals surface area contributed by atoms with Gasteiger partial charge >= 0.3 is 0 Å². The number of pyridine rings is 1. The number of ether oxygens (including phenoxy) is 2. The molecule has 7 heteroatoms. The van der Waals surface area contributed by atoms with Crippen LogP contribution in [0, 0.1) is 5.82 Å². The van der Waals surface area contributed by atoms with Crippen molar-refractivity contribution in [3.05, 3.63) is 90.4 Å². The van der Waals surface area contributed by atoms with E-state index < -0.39 is 0 Å². The van der Waals surface area contributed by atoms with E-state index >= 15 is 0 Å². The lowest BCUT2D eigenvalue weighted by molar-refractivity contribution is 0.199. The number of nitrogens with one attached hydrogen (secondary N) is 1. The van der Waals surface area contributed by atoms with Crippen LogP contribution >= 0.6 is 0 Å². The summed E-state index contributed by atoms with van der Waals surface area (Å²) in [7, 11) is 1.70. The highest BCUT2D eigenvalue weighted by Crippen LogP contribution is 2.27. The van der Waals surface area contributed by atoms with Gasteiger partial charge in [0.05, 0.1) is 6.61 Å². The number of halogens is 1. The Balaban J connectivity index is 1.44. The molecule has 1 aliphatic heterocycles. The minimum atomic E-state index is -0.306. The average molecular weight is 477 g/mol. The van der Waals surface area contributed by atoms with E-state index in [-0.39, 0.29) is 5.82 Å². The number of nitrogens with zero attached hydrogens (tertiary/aromatic N) is 3. The molecule has 0 amide bonds. The van der Waals surface area contributed by atoms with Crippen LogP contribution in [0.2, 0.25) is 0 Å². The van der Waals surface area contributed by atoms with E-state index in [9.17, 15) is 4.39 Å². The first-order chi connectivity index (χ1) is 17.0. The van der Waals surface area contributed by atoms with Crippen LogP contribution in [0.4, 0.5) is 10.1 Å². The normalized spacial score (nSPS) is 16.1. The maximum Gasteiger partial charge on any atom is 0.219 e. The summed E-state index contributed by atoms with van der Waals surface area (Å²) in [6.07, 6.45) is 1.74. The van der Waals surface area contributed by atoms with Crippen LogP contribution in [-0.2, 0) is 11.3 Å². The summed E-state index contributed by atoms with van der Waals surface area (Å²) >= 11 is 0. The minimum Gasteiger partial charge on any atom is -0.439 e. The zero-order valence-electron chi connectivity index (χ0n) is 20.4. The third-order valence-electron chi connectivity index (χ3n) is 6.06. The largest absolute Gasteiger partial charge is 0.439 e. The van der Waals surface area contributed by atoms with Gasteiger partial charge < -0.3 is 19.7 Å². The molecular formula is C28H33FN4O2. The molecule has 35 heavy (non-hydrogen) atoms. The first-order valence-electron chi connectivity index (χ1n) is 11.9. The highest BCUT2D eigenvalue weighted by molar-refractivity contribution is 5.77. The van der Waals surface area contributed by atoms with Gasteiger partial charge in [-0.3, -0.25) is 4.90 Å². The molecule has 1 atom stereocenters. The topological polar surface area (TPSA) is 49.9 Å². The van der Waals surface area contributed by atoms with E-state index in [4.69, 9.17) is 9.47 Å². The second-order valence-corrected chi connectivity index (χ2v) is 8.79. The van der Waals surface area contributed by atoms with Crippen molar-refractivity contribution >= 4 is 11.4 Å². The minimum absolute atomic E-state index is 0.306. The molecule has 0 unspecified atom stereocenters.